The molecule has 0 saturated heterocycles. The summed E-state index contributed by atoms with van der Waals surface area (Å²) in [6.45, 7) is 9.57. The first-order valence-electron chi connectivity index (χ1n) is 7.53. The topological polar surface area (TPSA) is 55.3 Å². The second-order valence-corrected chi connectivity index (χ2v) is 5.35. The van der Waals surface area contributed by atoms with E-state index in [9.17, 15) is 0 Å². The van der Waals surface area contributed by atoms with Crippen LogP contribution in [0.5, 0.6) is 0 Å². The Kier molecular flexibility index (Phi) is 5.01. The Balaban J connectivity index is 2.09. The van der Waals surface area contributed by atoms with Crippen molar-refractivity contribution in [1.29, 1.82) is 0 Å². The van der Waals surface area contributed by atoms with Crippen LogP contribution in [0.15, 0.2) is 22.6 Å². The van der Waals surface area contributed by atoms with E-state index in [1.54, 1.807) is 0 Å². The molecule has 110 valence electrons. The van der Waals surface area contributed by atoms with Gasteiger partial charge >= 0.3 is 0 Å². The van der Waals surface area contributed by atoms with E-state index >= 15 is 0 Å². The summed E-state index contributed by atoms with van der Waals surface area (Å²) in [5.74, 6) is 1.52. The van der Waals surface area contributed by atoms with Crippen molar-refractivity contribution in [2.75, 3.05) is 18.8 Å². The Morgan fingerprint density at radius 1 is 1.25 bits per heavy atom. The molecule has 2 N–H and O–H groups in total. The number of nitrogen functional groups attached to an aromatic ring is 1. The molecule has 4 nitrogen and oxygen atoms in total. The van der Waals surface area contributed by atoms with Crippen LogP contribution in [0.2, 0.25) is 0 Å². The van der Waals surface area contributed by atoms with Crippen LogP contribution < -0.4 is 5.73 Å². The van der Waals surface area contributed by atoms with Crippen LogP contribution in [0.4, 0.5) is 5.69 Å². The van der Waals surface area contributed by atoms with Crippen molar-refractivity contribution in [3.8, 4) is 0 Å². The Labute approximate surface area is 121 Å². The maximum absolute atomic E-state index is 5.80. The minimum Gasteiger partial charge on any atom is -0.439 e. The van der Waals surface area contributed by atoms with Crippen LogP contribution >= 0.6 is 0 Å². The lowest BCUT2D eigenvalue weighted by Crippen LogP contribution is -2.28. The minimum absolute atomic E-state index is 0.724. The van der Waals surface area contributed by atoms with E-state index in [-0.39, 0.29) is 0 Å². The third-order valence-electron chi connectivity index (χ3n) is 3.93. The highest BCUT2D eigenvalue weighted by Crippen LogP contribution is 2.20. The van der Waals surface area contributed by atoms with Gasteiger partial charge in [0.05, 0.1) is 6.54 Å². The summed E-state index contributed by atoms with van der Waals surface area (Å²) in [6, 6.07) is 5.59. The maximum Gasteiger partial charge on any atom is 0.209 e. The summed E-state index contributed by atoms with van der Waals surface area (Å²) >= 11 is 0. The van der Waals surface area contributed by atoms with Crippen molar-refractivity contribution in [3.63, 3.8) is 0 Å². The second-order valence-electron chi connectivity index (χ2n) is 5.35. The molecule has 0 fully saturated rings. The molecule has 0 bridgehead atoms. The monoisotopic (exact) mass is 275 g/mol. The smallest absolute Gasteiger partial charge is 0.209 e. The van der Waals surface area contributed by atoms with E-state index in [0.717, 1.165) is 48.2 Å². The average molecular weight is 275 g/mol. The molecule has 20 heavy (non-hydrogen) atoms. The number of benzene rings is 1. The molecule has 0 aliphatic carbocycles. The molecule has 1 aromatic carbocycles. The fourth-order valence-corrected chi connectivity index (χ4v) is 2.47. The van der Waals surface area contributed by atoms with Gasteiger partial charge in [-0.3, -0.25) is 4.90 Å². The highest BCUT2D eigenvalue weighted by molar-refractivity contribution is 5.76. The maximum atomic E-state index is 5.80. The molecule has 4 heteroatoms. The van der Waals surface area contributed by atoms with Gasteiger partial charge in [0.2, 0.25) is 5.89 Å². The zero-order valence-corrected chi connectivity index (χ0v) is 12.7. The number of oxazole rings is 1. The fourth-order valence-electron chi connectivity index (χ4n) is 2.47. The average Bonchev–Trinajstić information content (AvgIpc) is 2.84. The summed E-state index contributed by atoms with van der Waals surface area (Å²) in [5, 5.41) is 0. The SMILES string of the molecule is CCC(CC)CN(CC)Cc1nc2cc(N)ccc2o1. The lowest BCUT2D eigenvalue weighted by atomic mass is 10.0. The molecule has 0 saturated carbocycles. The zero-order valence-electron chi connectivity index (χ0n) is 12.7. The molecular weight excluding hydrogens is 250 g/mol. The third kappa shape index (κ3) is 3.51. The Morgan fingerprint density at radius 3 is 2.65 bits per heavy atom. The highest BCUT2D eigenvalue weighted by atomic mass is 16.3. The molecule has 2 aromatic rings. The van der Waals surface area contributed by atoms with Crippen LogP contribution in [0.3, 0.4) is 0 Å². The molecule has 0 amide bonds. The molecule has 1 heterocycles. The van der Waals surface area contributed by atoms with Gasteiger partial charge in [-0.15, -0.1) is 0 Å². The Morgan fingerprint density at radius 2 is 2.00 bits per heavy atom. The van der Waals surface area contributed by atoms with Crippen molar-refractivity contribution in [1.82, 2.24) is 9.88 Å². The number of hydrogen-bond acceptors (Lipinski definition) is 4. The molecule has 0 unspecified atom stereocenters. The number of anilines is 1. The van der Waals surface area contributed by atoms with Crippen molar-refractivity contribution in [2.24, 2.45) is 5.92 Å². The largest absolute Gasteiger partial charge is 0.439 e. The molecule has 0 spiro atoms. The number of nitrogens with two attached hydrogens (primary N) is 1. The molecule has 0 atom stereocenters. The van der Waals surface area contributed by atoms with Gasteiger partial charge in [0.1, 0.15) is 5.52 Å². The molecule has 0 radical (unpaired) electrons. The summed E-state index contributed by atoms with van der Waals surface area (Å²) in [5.41, 5.74) is 8.15. The van der Waals surface area contributed by atoms with Gasteiger partial charge in [-0.05, 0) is 30.7 Å². The van der Waals surface area contributed by atoms with Crippen molar-refractivity contribution >= 4 is 16.8 Å². The van der Waals surface area contributed by atoms with E-state index in [4.69, 9.17) is 10.2 Å². The van der Waals surface area contributed by atoms with Crippen LogP contribution in [-0.2, 0) is 6.54 Å². The van der Waals surface area contributed by atoms with Gasteiger partial charge in [-0.1, -0.05) is 33.6 Å². The summed E-state index contributed by atoms with van der Waals surface area (Å²) in [6.07, 6.45) is 2.44. The summed E-state index contributed by atoms with van der Waals surface area (Å²) in [7, 11) is 0. The van der Waals surface area contributed by atoms with Gasteiger partial charge in [-0.25, -0.2) is 4.98 Å². The molecular formula is C16H25N3O. The first-order chi connectivity index (χ1) is 9.66. The first kappa shape index (κ1) is 14.9. The van der Waals surface area contributed by atoms with E-state index in [0.29, 0.717) is 0 Å². The van der Waals surface area contributed by atoms with Crippen molar-refractivity contribution in [3.05, 3.63) is 24.1 Å². The van der Waals surface area contributed by atoms with Crippen LogP contribution in [0, 0.1) is 5.92 Å². The first-order valence-corrected chi connectivity index (χ1v) is 7.53. The number of nitrogens with zero attached hydrogens (tertiary/aromatic N) is 2. The van der Waals surface area contributed by atoms with Crippen LogP contribution in [0.1, 0.15) is 39.5 Å². The predicted molar refractivity (Wildman–Crippen MR) is 83.4 cm³/mol. The number of fused-ring (bicyclic) bond motifs is 1. The minimum atomic E-state index is 0.724. The molecule has 1 aromatic heterocycles. The number of rotatable bonds is 7. The number of aromatic nitrogens is 1. The lowest BCUT2D eigenvalue weighted by molar-refractivity contribution is 0.209. The van der Waals surface area contributed by atoms with E-state index < -0.39 is 0 Å². The third-order valence-corrected chi connectivity index (χ3v) is 3.93. The van der Waals surface area contributed by atoms with Crippen LogP contribution in [0.25, 0.3) is 11.1 Å². The van der Waals surface area contributed by atoms with Gasteiger partial charge in [0.25, 0.3) is 0 Å². The normalized spacial score (nSPS) is 11.8. The number of hydrogen-bond donors (Lipinski definition) is 1. The zero-order chi connectivity index (χ0) is 14.5. The Hall–Kier alpha value is -1.55. The second kappa shape index (κ2) is 6.75. The summed E-state index contributed by atoms with van der Waals surface area (Å²) < 4.78 is 5.80. The lowest BCUT2D eigenvalue weighted by Gasteiger charge is -2.23. The van der Waals surface area contributed by atoms with Gasteiger partial charge in [0, 0.05) is 12.2 Å². The van der Waals surface area contributed by atoms with E-state index in [1.165, 1.54) is 12.8 Å². The van der Waals surface area contributed by atoms with E-state index in [1.807, 2.05) is 18.2 Å². The van der Waals surface area contributed by atoms with Gasteiger partial charge < -0.3 is 10.2 Å². The summed E-state index contributed by atoms with van der Waals surface area (Å²) in [4.78, 5) is 6.93. The van der Waals surface area contributed by atoms with E-state index in [2.05, 4.69) is 30.7 Å². The quantitative estimate of drug-likeness (QED) is 0.783. The van der Waals surface area contributed by atoms with Crippen LogP contribution in [-0.4, -0.2) is 23.0 Å². The standard InChI is InChI=1S/C16H25N3O/c1-4-12(5-2)10-19(6-3)11-16-18-14-9-13(17)7-8-15(14)20-16/h7-9,12H,4-6,10-11,17H2,1-3H3. The van der Waals surface area contributed by atoms with Crippen molar-refractivity contribution in [2.45, 2.75) is 40.2 Å². The molecule has 0 aliphatic heterocycles. The fraction of sp³-hybridized carbons (Fsp3) is 0.562. The highest BCUT2D eigenvalue weighted by Gasteiger charge is 2.14. The predicted octanol–water partition coefficient (Wildman–Crippen LogP) is 3.67. The van der Waals surface area contributed by atoms with Gasteiger partial charge in [0.15, 0.2) is 5.58 Å². The van der Waals surface area contributed by atoms with Gasteiger partial charge in [-0.2, -0.15) is 0 Å². The molecule has 2 rings (SSSR count). The molecule has 0 aliphatic rings. The Bertz CT molecular complexity index is 546. The van der Waals surface area contributed by atoms with Crippen molar-refractivity contribution < 1.29 is 4.42 Å².